The highest BCUT2D eigenvalue weighted by Crippen LogP contribution is 2.18. The molecule has 0 aromatic carbocycles. The average Bonchev–Trinajstić information content (AvgIpc) is 3.00. The van der Waals surface area contributed by atoms with Gasteiger partial charge in [-0.2, -0.15) is 11.8 Å². The number of aromatic nitrogens is 3. The van der Waals surface area contributed by atoms with E-state index in [-0.39, 0.29) is 11.9 Å². The van der Waals surface area contributed by atoms with Gasteiger partial charge in [0.05, 0.1) is 6.04 Å². The van der Waals surface area contributed by atoms with Crippen molar-refractivity contribution >= 4 is 29.4 Å². The van der Waals surface area contributed by atoms with Crippen molar-refractivity contribution in [2.24, 2.45) is 0 Å². The molecule has 2 aromatic rings. The number of hydrogen-bond donors (Lipinski definition) is 2. The van der Waals surface area contributed by atoms with Gasteiger partial charge in [0.2, 0.25) is 5.91 Å². The predicted molar refractivity (Wildman–Crippen MR) is 106 cm³/mol. The highest BCUT2D eigenvalue weighted by Gasteiger charge is 2.25. The molecule has 0 aliphatic carbocycles. The predicted octanol–water partition coefficient (Wildman–Crippen LogP) is 2.55. The molecule has 0 aliphatic rings. The summed E-state index contributed by atoms with van der Waals surface area (Å²) in [5.41, 5.74) is 0.0949. The Morgan fingerprint density at radius 1 is 1.26 bits per heavy atom. The molecule has 8 nitrogen and oxygen atoms in total. The molecule has 0 saturated heterocycles. The Morgan fingerprint density at radius 3 is 2.67 bits per heavy atom. The summed E-state index contributed by atoms with van der Waals surface area (Å²) < 4.78 is 7.06. The Labute approximate surface area is 163 Å². The average molecular weight is 394 g/mol. The first-order chi connectivity index (χ1) is 12.7. The van der Waals surface area contributed by atoms with Crippen molar-refractivity contribution in [2.45, 2.75) is 51.8 Å². The summed E-state index contributed by atoms with van der Waals surface area (Å²) in [4.78, 5) is 24.5. The number of amides is 2. The summed E-state index contributed by atoms with van der Waals surface area (Å²) in [7, 11) is 0. The van der Waals surface area contributed by atoms with Crippen molar-refractivity contribution in [2.75, 3.05) is 12.0 Å². The molecule has 0 aliphatic heterocycles. The monoisotopic (exact) mass is 393 g/mol. The second-order valence-corrected chi connectivity index (χ2v) is 8.18. The van der Waals surface area contributed by atoms with Crippen LogP contribution in [0.15, 0.2) is 24.4 Å². The molecule has 2 amide bonds. The van der Waals surface area contributed by atoms with E-state index in [0.29, 0.717) is 12.2 Å². The molecule has 2 aromatic heterocycles. The highest BCUT2D eigenvalue weighted by atomic mass is 32.2. The summed E-state index contributed by atoms with van der Waals surface area (Å²) in [6.45, 7) is 6.93. The van der Waals surface area contributed by atoms with Gasteiger partial charge in [0.25, 0.3) is 0 Å². The minimum Gasteiger partial charge on any atom is -0.444 e. The largest absolute Gasteiger partial charge is 0.444 e. The third-order valence-corrected chi connectivity index (χ3v) is 4.35. The van der Waals surface area contributed by atoms with E-state index in [4.69, 9.17) is 4.74 Å². The SMILES string of the molecule is CSCCC(NC(=O)C(C)NC(=O)OC(C)(C)C)c1nnc2ccccn12. The molecule has 2 heterocycles. The molecule has 27 heavy (non-hydrogen) atoms. The van der Waals surface area contributed by atoms with Crippen molar-refractivity contribution in [1.82, 2.24) is 25.2 Å². The normalized spacial score (nSPS) is 13.8. The molecular weight excluding hydrogens is 366 g/mol. The van der Waals surface area contributed by atoms with Crippen molar-refractivity contribution in [3.63, 3.8) is 0 Å². The quantitative estimate of drug-likeness (QED) is 0.750. The zero-order valence-corrected chi connectivity index (χ0v) is 17.2. The van der Waals surface area contributed by atoms with Crippen LogP contribution >= 0.6 is 11.8 Å². The lowest BCUT2D eigenvalue weighted by atomic mass is 10.2. The fraction of sp³-hybridized carbons (Fsp3) is 0.556. The van der Waals surface area contributed by atoms with E-state index in [1.165, 1.54) is 0 Å². The van der Waals surface area contributed by atoms with Crippen LogP contribution in [0.4, 0.5) is 4.79 Å². The molecule has 0 spiro atoms. The summed E-state index contributed by atoms with van der Waals surface area (Å²) in [6.07, 6.45) is 3.94. The Morgan fingerprint density at radius 2 is 2.00 bits per heavy atom. The highest BCUT2D eigenvalue weighted by molar-refractivity contribution is 7.98. The van der Waals surface area contributed by atoms with Gasteiger partial charge in [0.1, 0.15) is 11.6 Å². The number of thioether (sulfide) groups is 1. The second-order valence-electron chi connectivity index (χ2n) is 7.20. The smallest absolute Gasteiger partial charge is 0.408 e. The molecule has 0 radical (unpaired) electrons. The number of carbonyl (C=O) groups is 2. The summed E-state index contributed by atoms with van der Waals surface area (Å²) in [5.74, 6) is 1.21. The van der Waals surface area contributed by atoms with Crippen LogP contribution in [0.1, 0.15) is 46.0 Å². The van der Waals surface area contributed by atoms with E-state index < -0.39 is 17.7 Å². The fourth-order valence-corrected chi connectivity index (χ4v) is 2.92. The van der Waals surface area contributed by atoms with Crippen LogP contribution in [0.5, 0.6) is 0 Å². The van der Waals surface area contributed by atoms with Gasteiger partial charge in [-0.05, 0) is 58.3 Å². The van der Waals surface area contributed by atoms with Crippen molar-refractivity contribution in [3.8, 4) is 0 Å². The summed E-state index contributed by atoms with van der Waals surface area (Å²) in [5, 5.41) is 13.9. The van der Waals surface area contributed by atoms with Gasteiger partial charge in [-0.25, -0.2) is 4.79 Å². The van der Waals surface area contributed by atoms with E-state index in [0.717, 1.165) is 11.4 Å². The first-order valence-corrected chi connectivity index (χ1v) is 10.2. The molecule has 0 fully saturated rings. The lowest BCUT2D eigenvalue weighted by Crippen LogP contribution is -2.47. The zero-order valence-electron chi connectivity index (χ0n) is 16.4. The van der Waals surface area contributed by atoms with Crippen LogP contribution < -0.4 is 10.6 Å². The van der Waals surface area contributed by atoms with Gasteiger partial charge in [0.15, 0.2) is 11.5 Å². The number of nitrogens with zero attached hydrogens (tertiary/aromatic N) is 3. The Hall–Kier alpha value is -2.29. The molecular formula is C18H27N5O3S. The maximum atomic E-state index is 12.6. The number of rotatable bonds is 7. The van der Waals surface area contributed by atoms with E-state index in [1.54, 1.807) is 39.5 Å². The maximum absolute atomic E-state index is 12.6. The molecule has 2 rings (SSSR count). The third kappa shape index (κ3) is 6.13. The van der Waals surface area contributed by atoms with Gasteiger partial charge in [-0.15, -0.1) is 10.2 Å². The van der Waals surface area contributed by atoms with Gasteiger partial charge >= 0.3 is 6.09 Å². The van der Waals surface area contributed by atoms with Crippen LogP contribution in [-0.4, -0.2) is 50.2 Å². The molecule has 2 atom stereocenters. The molecule has 0 saturated carbocycles. The van der Waals surface area contributed by atoms with Crippen molar-refractivity contribution in [3.05, 3.63) is 30.2 Å². The second kappa shape index (κ2) is 9.07. The van der Waals surface area contributed by atoms with E-state index in [2.05, 4.69) is 20.8 Å². The number of fused-ring (bicyclic) bond motifs is 1. The number of pyridine rings is 1. The minimum absolute atomic E-state index is 0.306. The van der Waals surface area contributed by atoms with Crippen molar-refractivity contribution in [1.29, 1.82) is 0 Å². The van der Waals surface area contributed by atoms with Crippen LogP contribution in [0, 0.1) is 0 Å². The zero-order chi connectivity index (χ0) is 20.0. The Kier molecular flexibility index (Phi) is 7.06. The summed E-state index contributed by atoms with van der Waals surface area (Å²) in [6, 6.07) is 4.58. The molecule has 0 bridgehead atoms. The number of hydrogen-bond acceptors (Lipinski definition) is 6. The Bertz CT molecular complexity index is 787. The van der Waals surface area contributed by atoms with Crippen LogP contribution in [0.3, 0.4) is 0 Å². The van der Waals surface area contributed by atoms with Crippen LogP contribution in [-0.2, 0) is 9.53 Å². The first kappa shape index (κ1) is 21.0. The fourth-order valence-electron chi connectivity index (χ4n) is 2.45. The van der Waals surface area contributed by atoms with Gasteiger partial charge in [0, 0.05) is 6.20 Å². The maximum Gasteiger partial charge on any atom is 0.408 e. The topological polar surface area (TPSA) is 97.6 Å². The lowest BCUT2D eigenvalue weighted by molar-refractivity contribution is -0.123. The number of carbonyl (C=O) groups excluding carboxylic acids is 2. The molecule has 2 N–H and O–H groups in total. The standard InChI is InChI=1S/C18H27N5O3S/c1-12(19-17(25)26-18(2,3)4)16(24)20-13(9-11-27-5)15-22-21-14-8-6-7-10-23(14)15/h6-8,10,12-13H,9,11H2,1-5H3,(H,19,25)(H,20,24). The third-order valence-electron chi connectivity index (χ3n) is 3.71. The van der Waals surface area contributed by atoms with Crippen LogP contribution in [0.2, 0.25) is 0 Å². The molecule has 9 heteroatoms. The van der Waals surface area contributed by atoms with Crippen molar-refractivity contribution < 1.29 is 14.3 Å². The van der Waals surface area contributed by atoms with E-state index >= 15 is 0 Å². The van der Waals surface area contributed by atoms with E-state index in [1.807, 2.05) is 35.1 Å². The molecule has 2 unspecified atom stereocenters. The Balaban J connectivity index is 2.09. The van der Waals surface area contributed by atoms with Crippen LogP contribution in [0.25, 0.3) is 5.65 Å². The van der Waals surface area contributed by atoms with Gasteiger partial charge in [-0.1, -0.05) is 6.07 Å². The van der Waals surface area contributed by atoms with Gasteiger partial charge in [-0.3, -0.25) is 9.20 Å². The lowest BCUT2D eigenvalue weighted by Gasteiger charge is -2.23. The van der Waals surface area contributed by atoms with Gasteiger partial charge < -0.3 is 15.4 Å². The minimum atomic E-state index is -0.740. The molecule has 148 valence electrons. The number of nitrogens with one attached hydrogen (secondary N) is 2. The number of alkyl carbamates (subject to hydrolysis) is 1. The number of ether oxygens (including phenoxy) is 1. The van der Waals surface area contributed by atoms with E-state index in [9.17, 15) is 9.59 Å². The summed E-state index contributed by atoms with van der Waals surface area (Å²) >= 11 is 1.69. The first-order valence-electron chi connectivity index (χ1n) is 8.80.